The van der Waals surface area contributed by atoms with E-state index in [2.05, 4.69) is 4.98 Å². The van der Waals surface area contributed by atoms with E-state index >= 15 is 0 Å². The Morgan fingerprint density at radius 3 is 2.27 bits per heavy atom. The molecule has 122 valence electrons. The number of rotatable bonds is 3. The van der Waals surface area contributed by atoms with Crippen molar-refractivity contribution >= 4 is 0 Å². The van der Waals surface area contributed by atoms with Crippen molar-refractivity contribution in [3.63, 3.8) is 0 Å². The van der Waals surface area contributed by atoms with Crippen molar-refractivity contribution < 1.29 is 18.3 Å². The van der Waals surface area contributed by atoms with Crippen molar-refractivity contribution in [2.75, 3.05) is 0 Å². The van der Waals surface area contributed by atoms with Crippen LogP contribution in [-0.4, -0.2) is 16.3 Å². The maximum absolute atomic E-state index is 12.8. The summed E-state index contributed by atoms with van der Waals surface area (Å²) in [5.41, 5.74) is 0.394. The van der Waals surface area contributed by atoms with E-state index in [0.29, 0.717) is 18.5 Å². The summed E-state index contributed by atoms with van der Waals surface area (Å²) in [6.45, 7) is 0. The van der Waals surface area contributed by atoms with Crippen LogP contribution in [0.25, 0.3) is 0 Å². The molecule has 0 aliphatic heterocycles. The molecule has 1 atom stereocenters. The van der Waals surface area contributed by atoms with Gasteiger partial charge in [0.1, 0.15) is 6.10 Å². The van der Waals surface area contributed by atoms with Gasteiger partial charge in [-0.2, -0.15) is 13.2 Å². The predicted molar refractivity (Wildman–Crippen MR) is 77.0 cm³/mol. The Kier molecular flexibility index (Phi) is 4.19. The lowest BCUT2D eigenvalue weighted by atomic mass is 9.54. The Labute approximate surface area is 128 Å². The molecule has 1 N–H and O–H groups in total. The average molecular weight is 313 g/mol. The third-order valence-electron chi connectivity index (χ3n) is 5.80. The molecule has 5 heteroatoms. The molecule has 1 unspecified atom stereocenters. The van der Waals surface area contributed by atoms with Gasteiger partial charge in [0.15, 0.2) is 0 Å². The molecule has 0 radical (unpaired) electrons. The zero-order valence-electron chi connectivity index (χ0n) is 12.5. The van der Waals surface area contributed by atoms with Gasteiger partial charge in [-0.25, -0.2) is 0 Å². The first-order valence-corrected chi connectivity index (χ1v) is 8.09. The highest BCUT2D eigenvalue weighted by Crippen LogP contribution is 2.59. The molecule has 0 amide bonds. The molecule has 0 aromatic carbocycles. The summed E-state index contributed by atoms with van der Waals surface area (Å²) in [4.78, 5) is 4.25. The van der Waals surface area contributed by atoms with Gasteiger partial charge in [-0.3, -0.25) is 4.98 Å². The van der Waals surface area contributed by atoms with Gasteiger partial charge in [-0.1, -0.05) is 12.5 Å². The second kappa shape index (κ2) is 5.84. The zero-order valence-corrected chi connectivity index (χ0v) is 12.5. The lowest BCUT2D eigenvalue weighted by Gasteiger charge is -2.52. The normalized spacial score (nSPS) is 29.6. The molecule has 2 saturated carbocycles. The molecule has 2 fully saturated rings. The van der Waals surface area contributed by atoms with Crippen molar-refractivity contribution in [1.82, 2.24) is 4.98 Å². The number of aromatic nitrogens is 1. The van der Waals surface area contributed by atoms with Crippen LogP contribution in [0, 0.1) is 17.3 Å². The molecule has 0 spiro atoms. The maximum Gasteiger partial charge on any atom is 0.391 e. The number of alkyl halides is 3. The molecule has 22 heavy (non-hydrogen) atoms. The van der Waals surface area contributed by atoms with Crippen LogP contribution >= 0.6 is 0 Å². The van der Waals surface area contributed by atoms with Crippen molar-refractivity contribution in [2.24, 2.45) is 17.3 Å². The molecule has 0 saturated heterocycles. The topological polar surface area (TPSA) is 33.1 Å². The highest BCUT2D eigenvalue weighted by Gasteiger charge is 2.52. The van der Waals surface area contributed by atoms with E-state index in [1.807, 2.05) is 12.1 Å². The third-order valence-corrected chi connectivity index (χ3v) is 5.80. The Morgan fingerprint density at radius 2 is 1.82 bits per heavy atom. The SMILES string of the molecule is OC(c1ccccn1)C1(C2CCC(C(F)(F)F)CC2)CCC1. The number of aliphatic hydroxyl groups is 1. The number of nitrogens with zero attached hydrogens (tertiary/aromatic N) is 1. The van der Waals surface area contributed by atoms with Gasteiger partial charge < -0.3 is 5.11 Å². The van der Waals surface area contributed by atoms with Gasteiger partial charge in [0.2, 0.25) is 0 Å². The summed E-state index contributed by atoms with van der Waals surface area (Å²) < 4.78 is 38.5. The Balaban J connectivity index is 1.72. The van der Waals surface area contributed by atoms with Crippen LogP contribution < -0.4 is 0 Å². The summed E-state index contributed by atoms with van der Waals surface area (Å²) in [5.74, 6) is -0.982. The molecule has 2 aliphatic carbocycles. The molecular weight excluding hydrogens is 291 g/mol. The van der Waals surface area contributed by atoms with Crippen LogP contribution in [-0.2, 0) is 0 Å². The Morgan fingerprint density at radius 1 is 1.14 bits per heavy atom. The third kappa shape index (κ3) is 2.75. The quantitative estimate of drug-likeness (QED) is 0.881. The molecule has 1 heterocycles. The van der Waals surface area contributed by atoms with Crippen LogP contribution in [0.5, 0.6) is 0 Å². The molecule has 2 aliphatic rings. The van der Waals surface area contributed by atoms with E-state index in [1.165, 1.54) is 0 Å². The van der Waals surface area contributed by atoms with Gasteiger partial charge >= 0.3 is 6.18 Å². The maximum atomic E-state index is 12.8. The first kappa shape index (κ1) is 15.8. The number of pyridine rings is 1. The van der Waals surface area contributed by atoms with Gasteiger partial charge in [0.05, 0.1) is 11.6 Å². The number of hydrogen-bond donors (Lipinski definition) is 1. The largest absolute Gasteiger partial charge is 0.391 e. The fraction of sp³-hybridized carbons (Fsp3) is 0.706. The minimum absolute atomic E-state index is 0.178. The number of hydrogen-bond acceptors (Lipinski definition) is 2. The lowest BCUT2D eigenvalue weighted by molar-refractivity contribution is -0.191. The van der Waals surface area contributed by atoms with Crippen molar-refractivity contribution in [3.05, 3.63) is 30.1 Å². The molecule has 3 rings (SSSR count). The average Bonchev–Trinajstić information content (AvgIpc) is 2.46. The molecule has 1 aromatic rings. The Hall–Kier alpha value is -1.10. The minimum atomic E-state index is -4.07. The molecule has 1 aromatic heterocycles. The summed E-state index contributed by atoms with van der Waals surface area (Å²) in [5, 5.41) is 10.8. The standard InChI is InChI=1S/C17H22F3NO/c18-17(19,20)13-7-5-12(6-8-13)16(9-3-10-16)15(22)14-4-1-2-11-21-14/h1-2,4,11-13,15,22H,3,5-10H2. The van der Waals surface area contributed by atoms with Crippen LogP contribution in [0.3, 0.4) is 0 Å². The second-order valence-electron chi connectivity index (χ2n) is 6.83. The van der Waals surface area contributed by atoms with Crippen molar-refractivity contribution in [1.29, 1.82) is 0 Å². The first-order chi connectivity index (χ1) is 10.4. The molecule has 2 nitrogen and oxygen atoms in total. The Bertz CT molecular complexity index is 490. The highest BCUT2D eigenvalue weighted by atomic mass is 19.4. The van der Waals surface area contributed by atoms with Crippen LogP contribution in [0.15, 0.2) is 24.4 Å². The fourth-order valence-electron chi connectivity index (χ4n) is 4.32. The number of halogens is 3. The van der Waals surface area contributed by atoms with Crippen LogP contribution in [0.2, 0.25) is 0 Å². The van der Waals surface area contributed by atoms with E-state index in [4.69, 9.17) is 0 Å². The first-order valence-electron chi connectivity index (χ1n) is 8.09. The van der Waals surface area contributed by atoms with E-state index in [-0.39, 0.29) is 24.2 Å². The summed E-state index contributed by atoms with van der Waals surface area (Å²) in [7, 11) is 0. The van der Waals surface area contributed by atoms with Crippen LogP contribution in [0.1, 0.15) is 56.7 Å². The summed E-state index contributed by atoms with van der Waals surface area (Å²) >= 11 is 0. The van der Waals surface area contributed by atoms with Gasteiger partial charge in [-0.05, 0) is 56.6 Å². The predicted octanol–water partition coefficient (Wildman–Crippen LogP) is 4.65. The monoisotopic (exact) mass is 313 g/mol. The van der Waals surface area contributed by atoms with Crippen molar-refractivity contribution in [2.45, 2.75) is 57.2 Å². The van der Waals surface area contributed by atoms with Gasteiger partial charge in [0, 0.05) is 11.6 Å². The smallest absolute Gasteiger partial charge is 0.386 e. The van der Waals surface area contributed by atoms with Gasteiger partial charge in [0.25, 0.3) is 0 Å². The van der Waals surface area contributed by atoms with E-state index in [9.17, 15) is 18.3 Å². The fourth-order valence-corrected chi connectivity index (χ4v) is 4.32. The van der Waals surface area contributed by atoms with E-state index in [0.717, 1.165) is 19.3 Å². The second-order valence-corrected chi connectivity index (χ2v) is 6.83. The zero-order chi connectivity index (χ0) is 15.8. The number of aliphatic hydroxyl groups excluding tert-OH is 1. The summed E-state index contributed by atoms with van der Waals surface area (Å²) in [6.07, 6.45) is 1.29. The van der Waals surface area contributed by atoms with E-state index < -0.39 is 18.2 Å². The lowest BCUT2D eigenvalue weighted by Crippen LogP contribution is -2.45. The summed E-state index contributed by atoms with van der Waals surface area (Å²) in [6, 6.07) is 5.46. The minimum Gasteiger partial charge on any atom is -0.386 e. The molecule has 0 bridgehead atoms. The van der Waals surface area contributed by atoms with Crippen molar-refractivity contribution in [3.8, 4) is 0 Å². The molecular formula is C17H22F3NO. The highest BCUT2D eigenvalue weighted by molar-refractivity contribution is 5.14. The van der Waals surface area contributed by atoms with Crippen LogP contribution in [0.4, 0.5) is 13.2 Å². The van der Waals surface area contributed by atoms with Gasteiger partial charge in [-0.15, -0.1) is 0 Å². The van der Waals surface area contributed by atoms with E-state index in [1.54, 1.807) is 12.3 Å².